The number of nitriles is 1. The van der Waals surface area contributed by atoms with Crippen LogP contribution < -0.4 is 0 Å². The Balaban J connectivity index is 2.39. The maximum atomic E-state index is 12.9. The van der Waals surface area contributed by atoms with E-state index in [-0.39, 0.29) is 17.7 Å². The van der Waals surface area contributed by atoms with Gasteiger partial charge in [-0.25, -0.2) is 14.4 Å². The van der Waals surface area contributed by atoms with Crippen molar-refractivity contribution < 1.29 is 4.39 Å². The fraction of sp³-hybridized carbons (Fsp3) is 0.267. The van der Waals surface area contributed by atoms with Crippen molar-refractivity contribution in [2.75, 3.05) is 0 Å². The molecule has 1 heterocycles. The summed E-state index contributed by atoms with van der Waals surface area (Å²) in [7, 11) is 0. The van der Waals surface area contributed by atoms with E-state index in [4.69, 9.17) is 5.26 Å². The number of nitrogens with zero attached hydrogens (tertiary/aromatic N) is 3. The van der Waals surface area contributed by atoms with Crippen LogP contribution in [0.1, 0.15) is 25.6 Å². The van der Waals surface area contributed by atoms with Gasteiger partial charge in [0.15, 0.2) is 0 Å². The van der Waals surface area contributed by atoms with Crippen LogP contribution in [0, 0.1) is 23.1 Å². The molecule has 0 saturated heterocycles. The lowest BCUT2D eigenvalue weighted by Gasteiger charge is -2.12. The van der Waals surface area contributed by atoms with Crippen molar-refractivity contribution >= 4 is 0 Å². The third-order valence-corrected chi connectivity index (χ3v) is 2.90. The molecule has 2 rings (SSSR count). The summed E-state index contributed by atoms with van der Waals surface area (Å²) in [4.78, 5) is 8.58. The van der Waals surface area contributed by atoms with Crippen molar-refractivity contribution in [1.29, 1.82) is 5.26 Å². The van der Waals surface area contributed by atoms with Gasteiger partial charge in [0.25, 0.3) is 0 Å². The van der Waals surface area contributed by atoms with E-state index in [1.807, 2.05) is 13.8 Å². The second-order valence-corrected chi connectivity index (χ2v) is 4.66. The van der Waals surface area contributed by atoms with Crippen molar-refractivity contribution in [1.82, 2.24) is 9.97 Å². The molecule has 0 amide bonds. The van der Waals surface area contributed by atoms with Gasteiger partial charge in [0.1, 0.15) is 17.6 Å². The minimum Gasteiger partial charge on any atom is -0.240 e. The third kappa shape index (κ3) is 2.94. The predicted molar refractivity (Wildman–Crippen MR) is 70.6 cm³/mol. The average Bonchev–Trinajstić information content (AvgIpc) is 2.40. The molecule has 0 aliphatic carbocycles. The zero-order valence-corrected chi connectivity index (χ0v) is 10.8. The van der Waals surface area contributed by atoms with Crippen molar-refractivity contribution in [2.45, 2.75) is 19.8 Å². The standard InChI is InChI=1S/C15H14FN3/c1-10(2)13(9-17)15-18-8-7-14(19-15)11-3-5-12(16)6-4-11/h3-8,10,13H,1-2H3. The van der Waals surface area contributed by atoms with Gasteiger partial charge >= 0.3 is 0 Å². The molecule has 0 aliphatic rings. The second-order valence-electron chi connectivity index (χ2n) is 4.66. The van der Waals surface area contributed by atoms with Crippen molar-refractivity contribution in [3.63, 3.8) is 0 Å². The lowest BCUT2D eigenvalue weighted by atomic mass is 9.96. The Morgan fingerprint density at radius 2 is 1.84 bits per heavy atom. The van der Waals surface area contributed by atoms with E-state index in [1.54, 1.807) is 24.4 Å². The molecule has 1 unspecified atom stereocenters. The normalized spacial score (nSPS) is 12.2. The molecule has 1 aromatic heterocycles. The van der Waals surface area contributed by atoms with Crippen LogP contribution in [0.5, 0.6) is 0 Å². The van der Waals surface area contributed by atoms with E-state index in [0.717, 1.165) is 5.56 Å². The van der Waals surface area contributed by atoms with Crippen LogP contribution in [0.3, 0.4) is 0 Å². The van der Waals surface area contributed by atoms with E-state index in [1.165, 1.54) is 12.1 Å². The number of hydrogen-bond donors (Lipinski definition) is 0. The van der Waals surface area contributed by atoms with E-state index in [9.17, 15) is 4.39 Å². The van der Waals surface area contributed by atoms with Gasteiger partial charge in [-0.1, -0.05) is 13.8 Å². The maximum Gasteiger partial charge on any atom is 0.146 e. The van der Waals surface area contributed by atoms with Gasteiger partial charge in [0, 0.05) is 11.8 Å². The number of rotatable bonds is 3. The monoisotopic (exact) mass is 255 g/mol. The molecule has 96 valence electrons. The fourth-order valence-corrected chi connectivity index (χ4v) is 1.81. The summed E-state index contributed by atoms with van der Waals surface area (Å²) in [5.74, 6) is 0.0447. The van der Waals surface area contributed by atoms with Gasteiger partial charge in [0.2, 0.25) is 0 Å². The number of aromatic nitrogens is 2. The van der Waals surface area contributed by atoms with E-state index in [2.05, 4.69) is 16.0 Å². The SMILES string of the molecule is CC(C)C(C#N)c1nccc(-c2ccc(F)cc2)n1. The molecular weight excluding hydrogens is 241 g/mol. The highest BCUT2D eigenvalue weighted by molar-refractivity contribution is 5.58. The van der Waals surface area contributed by atoms with Gasteiger partial charge < -0.3 is 0 Å². The summed E-state index contributed by atoms with van der Waals surface area (Å²) >= 11 is 0. The Hall–Kier alpha value is -2.28. The predicted octanol–water partition coefficient (Wildman–Crippen LogP) is 3.55. The zero-order chi connectivity index (χ0) is 13.8. The molecule has 0 spiro atoms. The number of benzene rings is 1. The van der Waals surface area contributed by atoms with Crippen LogP contribution in [-0.4, -0.2) is 9.97 Å². The van der Waals surface area contributed by atoms with Crippen molar-refractivity contribution in [2.24, 2.45) is 5.92 Å². The quantitative estimate of drug-likeness (QED) is 0.842. The molecule has 0 radical (unpaired) electrons. The topological polar surface area (TPSA) is 49.6 Å². The van der Waals surface area contributed by atoms with Crippen LogP contribution in [-0.2, 0) is 0 Å². The lowest BCUT2D eigenvalue weighted by Crippen LogP contribution is -2.09. The highest BCUT2D eigenvalue weighted by Gasteiger charge is 2.18. The number of hydrogen-bond acceptors (Lipinski definition) is 3. The van der Waals surface area contributed by atoms with Gasteiger partial charge in [-0.2, -0.15) is 5.26 Å². The Morgan fingerprint density at radius 1 is 1.16 bits per heavy atom. The molecule has 0 saturated carbocycles. The van der Waals surface area contributed by atoms with E-state index >= 15 is 0 Å². The minimum absolute atomic E-state index is 0.147. The third-order valence-electron chi connectivity index (χ3n) is 2.90. The molecule has 1 atom stereocenters. The molecule has 19 heavy (non-hydrogen) atoms. The minimum atomic E-state index is -0.333. The van der Waals surface area contributed by atoms with Gasteiger partial charge in [0.05, 0.1) is 11.8 Å². The Bertz CT molecular complexity index is 600. The van der Waals surface area contributed by atoms with E-state index < -0.39 is 0 Å². The first-order valence-corrected chi connectivity index (χ1v) is 6.10. The largest absolute Gasteiger partial charge is 0.240 e. The Morgan fingerprint density at radius 3 is 2.42 bits per heavy atom. The first-order chi connectivity index (χ1) is 9.11. The summed E-state index contributed by atoms with van der Waals surface area (Å²) < 4.78 is 12.9. The van der Waals surface area contributed by atoms with Crippen LogP contribution in [0.2, 0.25) is 0 Å². The van der Waals surface area contributed by atoms with Gasteiger partial charge in [-0.3, -0.25) is 0 Å². The van der Waals surface area contributed by atoms with Crippen LogP contribution in [0.15, 0.2) is 36.5 Å². The highest BCUT2D eigenvalue weighted by atomic mass is 19.1. The number of halogens is 1. The Kier molecular flexibility index (Phi) is 3.86. The van der Waals surface area contributed by atoms with Gasteiger partial charge in [-0.05, 0) is 36.2 Å². The van der Waals surface area contributed by atoms with Crippen LogP contribution in [0.25, 0.3) is 11.3 Å². The average molecular weight is 255 g/mol. The molecule has 1 aromatic carbocycles. The van der Waals surface area contributed by atoms with Crippen LogP contribution in [0.4, 0.5) is 4.39 Å². The molecule has 0 bridgehead atoms. The summed E-state index contributed by atoms with van der Waals surface area (Å²) in [6.07, 6.45) is 1.63. The maximum absolute atomic E-state index is 12.9. The van der Waals surface area contributed by atoms with Gasteiger partial charge in [-0.15, -0.1) is 0 Å². The molecule has 4 heteroatoms. The van der Waals surface area contributed by atoms with Crippen molar-refractivity contribution in [3.05, 3.63) is 48.2 Å². The molecule has 0 N–H and O–H groups in total. The highest BCUT2D eigenvalue weighted by Crippen LogP contribution is 2.23. The lowest BCUT2D eigenvalue weighted by molar-refractivity contribution is 0.562. The molecular formula is C15H14FN3. The molecule has 3 nitrogen and oxygen atoms in total. The smallest absolute Gasteiger partial charge is 0.146 e. The zero-order valence-electron chi connectivity index (χ0n) is 10.8. The van der Waals surface area contributed by atoms with Crippen LogP contribution >= 0.6 is 0 Å². The van der Waals surface area contributed by atoms with E-state index in [0.29, 0.717) is 11.5 Å². The first kappa shape index (κ1) is 13.2. The summed E-state index contributed by atoms with van der Waals surface area (Å²) in [6, 6.07) is 10.1. The summed E-state index contributed by atoms with van der Waals surface area (Å²) in [6.45, 7) is 3.92. The molecule has 0 fully saturated rings. The fourth-order valence-electron chi connectivity index (χ4n) is 1.81. The molecule has 0 aliphatic heterocycles. The first-order valence-electron chi connectivity index (χ1n) is 6.10. The second kappa shape index (κ2) is 5.57. The molecule has 2 aromatic rings. The van der Waals surface area contributed by atoms with Crippen molar-refractivity contribution in [3.8, 4) is 17.3 Å². The summed E-state index contributed by atoms with van der Waals surface area (Å²) in [5, 5.41) is 9.17. The summed E-state index contributed by atoms with van der Waals surface area (Å²) in [5.41, 5.74) is 1.51. The Labute approximate surface area is 111 Å².